The smallest absolute Gasteiger partial charge is 0.224 e. The van der Waals surface area contributed by atoms with Crippen molar-refractivity contribution in [3.8, 4) is 0 Å². The minimum atomic E-state index is -1.26. The molecule has 0 aliphatic heterocycles. The first-order valence-electron chi connectivity index (χ1n) is 14.0. The standard InChI is InChI=1S/C31H40ClN3O5SSi/c1-34(18-25(36)26-7-6-12-40-26)19-27-24(20-39-13-14-42(3,4)5)29-31(41-27)30(38)22(17-35(29)2)15-28(37)33-16-21-8-10-23(32)11-9-21/h6-12,17,25,36H,13-16,18-20H2,1-5H3,(H,33,37)/t25-/m1/s1. The van der Waals surface area contributed by atoms with Crippen LogP contribution in [0.25, 0.3) is 10.2 Å². The molecule has 0 bridgehead atoms. The van der Waals surface area contributed by atoms with Gasteiger partial charge in [-0.3, -0.25) is 14.5 Å². The van der Waals surface area contributed by atoms with E-state index in [1.54, 1.807) is 36.7 Å². The number of aliphatic hydroxyl groups is 1. The van der Waals surface area contributed by atoms with Crippen molar-refractivity contribution in [2.24, 2.45) is 7.05 Å². The first-order valence-corrected chi connectivity index (χ1v) is 18.9. The molecule has 0 fully saturated rings. The van der Waals surface area contributed by atoms with Crippen molar-refractivity contribution in [1.82, 2.24) is 14.8 Å². The summed E-state index contributed by atoms with van der Waals surface area (Å²) < 4.78 is 14.1. The molecular weight excluding hydrogens is 590 g/mol. The predicted molar refractivity (Wildman–Crippen MR) is 172 cm³/mol. The lowest BCUT2D eigenvalue weighted by molar-refractivity contribution is -0.120. The van der Waals surface area contributed by atoms with Gasteiger partial charge in [-0.1, -0.05) is 43.4 Å². The zero-order chi connectivity index (χ0) is 30.4. The van der Waals surface area contributed by atoms with E-state index in [9.17, 15) is 14.7 Å². The van der Waals surface area contributed by atoms with Crippen LogP contribution in [0.15, 0.2) is 58.1 Å². The second-order valence-corrected chi connectivity index (χ2v) is 19.1. The minimum absolute atomic E-state index is 0.0132. The SMILES string of the molecule is CN(Cc1sc2c(=O)c(CC(=O)NCc3ccc(Cl)cc3)cn(C)c2c1COCC[Si](C)(C)C)C[C@@H](O)c1ccco1. The van der Waals surface area contributed by atoms with Gasteiger partial charge in [-0.05, 0) is 42.9 Å². The van der Waals surface area contributed by atoms with Crippen molar-refractivity contribution in [3.05, 3.63) is 91.4 Å². The van der Waals surface area contributed by atoms with E-state index in [2.05, 4.69) is 25.0 Å². The quantitative estimate of drug-likeness (QED) is 0.137. The zero-order valence-electron chi connectivity index (χ0n) is 24.9. The molecule has 0 saturated carbocycles. The van der Waals surface area contributed by atoms with Crippen LogP contribution >= 0.6 is 22.9 Å². The van der Waals surface area contributed by atoms with Gasteiger partial charge in [0.15, 0.2) is 0 Å². The summed E-state index contributed by atoms with van der Waals surface area (Å²) in [5.74, 6) is 0.292. The average molecular weight is 630 g/mol. The Morgan fingerprint density at radius 2 is 1.98 bits per heavy atom. The first kappa shape index (κ1) is 32.2. The molecule has 1 aromatic carbocycles. The number of furan rings is 1. The number of carbonyl (C=O) groups is 1. The van der Waals surface area contributed by atoms with Crippen LogP contribution in [-0.2, 0) is 42.7 Å². The van der Waals surface area contributed by atoms with Crippen molar-refractivity contribution in [2.45, 2.75) is 57.9 Å². The topological polar surface area (TPSA) is 96.9 Å². The summed E-state index contributed by atoms with van der Waals surface area (Å²) in [7, 11) is 2.58. The van der Waals surface area contributed by atoms with Gasteiger partial charge in [0.25, 0.3) is 0 Å². The second-order valence-electron chi connectivity index (χ2n) is 11.9. The Morgan fingerprint density at radius 3 is 2.64 bits per heavy atom. The number of halogens is 1. The van der Waals surface area contributed by atoms with Gasteiger partial charge in [0.1, 0.15) is 11.9 Å². The number of fused-ring (bicyclic) bond motifs is 1. The number of ether oxygens (including phenoxy) is 1. The van der Waals surface area contributed by atoms with E-state index < -0.39 is 14.2 Å². The summed E-state index contributed by atoms with van der Waals surface area (Å²) in [4.78, 5) is 29.5. The summed E-state index contributed by atoms with van der Waals surface area (Å²) in [6.45, 7) is 9.26. The van der Waals surface area contributed by atoms with Gasteiger partial charge < -0.3 is 24.1 Å². The highest BCUT2D eigenvalue weighted by molar-refractivity contribution is 7.19. The average Bonchev–Trinajstić information content (AvgIpc) is 3.58. The van der Waals surface area contributed by atoms with Crippen LogP contribution < -0.4 is 10.7 Å². The number of carbonyl (C=O) groups excluding carboxylic acids is 1. The van der Waals surface area contributed by atoms with Crippen molar-refractivity contribution < 1.29 is 19.1 Å². The maximum Gasteiger partial charge on any atom is 0.224 e. The number of nitrogens with zero attached hydrogens (tertiary/aromatic N) is 2. The predicted octanol–water partition coefficient (Wildman–Crippen LogP) is 5.73. The van der Waals surface area contributed by atoms with Crippen LogP contribution in [0.2, 0.25) is 30.7 Å². The van der Waals surface area contributed by atoms with E-state index in [0.29, 0.717) is 53.9 Å². The van der Waals surface area contributed by atoms with Gasteiger partial charge in [-0.15, -0.1) is 11.3 Å². The number of thiophene rings is 1. The molecule has 0 aliphatic carbocycles. The molecule has 0 spiro atoms. The van der Waals surface area contributed by atoms with Crippen molar-refractivity contribution in [1.29, 1.82) is 0 Å². The number of hydrogen-bond acceptors (Lipinski definition) is 7. The van der Waals surface area contributed by atoms with Crippen molar-refractivity contribution in [3.63, 3.8) is 0 Å². The first-order chi connectivity index (χ1) is 19.9. The summed E-state index contributed by atoms with van der Waals surface area (Å²) in [5, 5.41) is 14.1. The Kier molecular flexibility index (Phi) is 10.9. The van der Waals surface area contributed by atoms with E-state index in [0.717, 1.165) is 27.6 Å². The molecule has 0 saturated heterocycles. The maximum atomic E-state index is 13.7. The van der Waals surface area contributed by atoms with Gasteiger partial charge in [0.05, 0.1) is 29.5 Å². The Labute approximate surface area is 256 Å². The molecule has 0 aliphatic rings. The van der Waals surface area contributed by atoms with Crippen LogP contribution in [0.4, 0.5) is 0 Å². The lowest BCUT2D eigenvalue weighted by Crippen LogP contribution is -2.27. The minimum Gasteiger partial charge on any atom is -0.467 e. The number of nitrogens with one attached hydrogen (secondary N) is 1. The third-order valence-corrected chi connectivity index (χ3v) is 10.2. The van der Waals surface area contributed by atoms with Gasteiger partial charge >= 0.3 is 0 Å². The summed E-state index contributed by atoms with van der Waals surface area (Å²) in [6, 6.07) is 11.8. The van der Waals surface area contributed by atoms with Gasteiger partial charge in [0.2, 0.25) is 11.3 Å². The molecule has 42 heavy (non-hydrogen) atoms. The van der Waals surface area contributed by atoms with Crippen LogP contribution in [0.5, 0.6) is 0 Å². The fourth-order valence-corrected chi connectivity index (χ4v) is 6.98. The third kappa shape index (κ3) is 8.65. The zero-order valence-corrected chi connectivity index (χ0v) is 27.5. The molecule has 4 rings (SSSR count). The largest absolute Gasteiger partial charge is 0.467 e. The highest BCUT2D eigenvalue weighted by atomic mass is 35.5. The monoisotopic (exact) mass is 629 g/mol. The fraction of sp³-hybridized carbons (Fsp3) is 0.419. The van der Waals surface area contributed by atoms with E-state index in [-0.39, 0.29) is 17.8 Å². The normalized spacial score (nSPS) is 12.8. The third-order valence-electron chi connectivity index (χ3n) is 7.03. The molecule has 4 aromatic rings. The number of rotatable bonds is 14. The number of likely N-dealkylation sites (N-methyl/N-ethyl adjacent to an activating group) is 1. The summed E-state index contributed by atoms with van der Waals surface area (Å²) >= 11 is 7.39. The van der Waals surface area contributed by atoms with Crippen molar-refractivity contribution in [2.75, 3.05) is 20.2 Å². The summed E-state index contributed by atoms with van der Waals surface area (Å²) in [6.07, 6.45) is 2.53. The molecule has 3 heterocycles. The Balaban J connectivity index is 1.56. The Morgan fingerprint density at radius 1 is 1.24 bits per heavy atom. The van der Waals surface area contributed by atoms with Gasteiger partial charge in [-0.25, -0.2) is 0 Å². The molecule has 2 N–H and O–H groups in total. The maximum absolute atomic E-state index is 13.7. The van der Waals surface area contributed by atoms with E-state index in [1.807, 2.05) is 35.7 Å². The van der Waals surface area contributed by atoms with E-state index in [4.69, 9.17) is 20.8 Å². The number of aryl methyl sites for hydroxylation is 1. The fourth-order valence-electron chi connectivity index (χ4n) is 4.70. The van der Waals surface area contributed by atoms with Gasteiger partial charge in [0, 0.05) is 68.6 Å². The Bertz CT molecular complexity index is 1540. The molecule has 0 radical (unpaired) electrons. The van der Waals surface area contributed by atoms with Crippen LogP contribution in [0.1, 0.15) is 33.4 Å². The number of benzene rings is 1. The van der Waals surface area contributed by atoms with E-state index >= 15 is 0 Å². The molecule has 1 amide bonds. The molecule has 0 unspecified atom stereocenters. The molecule has 3 aromatic heterocycles. The highest BCUT2D eigenvalue weighted by Gasteiger charge is 2.22. The van der Waals surface area contributed by atoms with Crippen molar-refractivity contribution >= 4 is 47.1 Å². The molecule has 8 nitrogen and oxygen atoms in total. The number of aliphatic hydroxyl groups excluding tert-OH is 1. The molecular formula is C31H40ClN3O5SSi. The van der Waals surface area contributed by atoms with Gasteiger partial charge in [-0.2, -0.15) is 0 Å². The lowest BCUT2D eigenvalue weighted by atomic mass is 10.1. The number of amides is 1. The summed E-state index contributed by atoms with van der Waals surface area (Å²) in [5.41, 5.74) is 3.04. The Hall–Kier alpha value is -2.73. The van der Waals surface area contributed by atoms with Crippen LogP contribution in [0.3, 0.4) is 0 Å². The molecule has 1 atom stereocenters. The number of aromatic nitrogens is 1. The number of pyridine rings is 1. The lowest BCUT2D eigenvalue weighted by Gasteiger charge is -2.20. The van der Waals surface area contributed by atoms with E-state index in [1.165, 1.54) is 11.3 Å². The molecule has 226 valence electrons. The molecule has 11 heteroatoms. The number of hydrogen-bond donors (Lipinski definition) is 2. The van der Waals surface area contributed by atoms with Crippen LogP contribution in [-0.4, -0.2) is 48.8 Å². The second kappa shape index (κ2) is 14.2. The van der Waals surface area contributed by atoms with Crippen LogP contribution in [0, 0.1) is 0 Å². The highest BCUT2D eigenvalue weighted by Crippen LogP contribution is 2.32.